The Hall–Kier alpha value is -3.14. The molecule has 0 aromatic heterocycles. The zero-order chi connectivity index (χ0) is 28.3. The summed E-state index contributed by atoms with van der Waals surface area (Å²) in [5.41, 5.74) is 0.0920. The van der Waals surface area contributed by atoms with Crippen LogP contribution in [0, 0.1) is 11.8 Å². The second kappa shape index (κ2) is 14.9. The van der Waals surface area contributed by atoms with Crippen molar-refractivity contribution >= 4 is 5.97 Å². The summed E-state index contributed by atoms with van der Waals surface area (Å²) >= 11 is 0. The molecule has 0 bridgehead atoms. The Balaban J connectivity index is 1.40. The SMILES string of the molecule is O=C(CCCC=CC[C@@H]1[C@@H](/C=C/[C@@H](O)COc2cccc(C(F)(F)F)c2)[C@H](O)C[C@@H]1O)OCc1ccccc1. The van der Waals surface area contributed by atoms with Crippen LogP contribution in [0.25, 0.3) is 0 Å². The number of esters is 1. The highest BCUT2D eigenvalue weighted by Crippen LogP contribution is 2.36. The molecule has 0 heterocycles. The molecule has 1 aliphatic carbocycles. The number of halogens is 3. The number of allylic oxidation sites excluding steroid dienone is 2. The zero-order valence-corrected chi connectivity index (χ0v) is 21.5. The van der Waals surface area contributed by atoms with E-state index >= 15 is 0 Å². The number of alkyl halides is 3. The van der Waals surface area contributed by atoms with Gasteiger partial charge in [0.05, 0.1) is 17.8 Å². The fraction of sp³-hybridized carbons (Fsp3) is 0.433. The van der Waals surface area contributed by atoms with E-state index in [0.29, 0.717) is 25.7 Å². The standard InChI is InChI=1S/C30H35F3O6/c31-30(32,33)22-11-8-12-24(17-22)38-20-23(34)15-16-26-25(27(35)18-28(26)36)13-6-1-2-7-14-29(37)39-19-21-9-4-3-5-10-21/h1,3-6,8-12,15-17,23,25-28,34-36H,2,7,13-14,18-20H2/b6-1?,16-15+/t23-,25-,26-,27+,28-/m1/s1. The molecule has 0 radical (unpaired) electrons. The van der Waals surface area contributed by atoms with E-state index in [4.69, 9.17) is 9.47 Å². The molecule has 2 aromatic rings. The molecule has 0 unspecified atom stereocenters. The maximum atomic E-state index is 12.8. The van der Waals surface area contributed by atoms with Crippen molar-refractivity contribution in [1.82, 2.24) is 0 Å². The van der Waals surface area contributed by atoms with Crippen molar-refractivity contribution in [1.29, 1.82) is 0 Å². The van der Waals surface area contributed by atoms with Crippen molar-refractivity contribution in [3.8, 4) is 5.75 Å². The Morgan fingerprint density at radius 1 is 1.05 bits per heavy atom. The first kappa shape index (κ1) is 30.4. The van der Waals surface area contributed by atoms with Gasteiger partial charge in [-0.3, -0.25) is 4.79 Å². The predicted octanol–water partition coefficient (Wildman–Crippen LogP) is 5.22. The minimum Gasteiger partial charge on any atom is -0.491 e. The zero-order valence-electron chi connectivity index (χ0n) is 21.5. The summed E-state index contributed by atoms with van der Waals surface area (Å²) in [6.45, 7) is -0.0140. The number of unbranched alkanes of at least 4 members (excludes halogenated alkanes) is 1. The fourth-order valence-electron chi connectivity index (χ4n) is 4.51. The summed E-state index contributed by atoms with van der Waals surface area (Å²) in [6.07, 6.45) is 2.09. The Morgan fingerprint density at radius 2 is 1.82 bits per heavy atom. The van der Waals surface area contributed by atoms with Gasteiger partial charge >= 0.3 is 12.1 Å². The third-order valence-electron chi connectivity index (χ3n) is 6.62. The van der Waals surface area contributed by atoms with Crippen molar-refractivity contribution < 1.29 is 42.8 Å². The molecule has 0 saturated heterocycles. The van der Waals surface area contributed by atoms with Gasteiger partial charge in [0.25, 0.3) is 0 Å². The van der Waals surface area contributed by atoms with E-state index in [2.05, 4.69) is 0 Å². The molecule has 212 valence electrons. The van der Waals surface area contributed by atoms with Crippen molar-refractivity contribution in [3.63, 3.8) is 0 Å². The highest BCUT2D eigenvalue weighted by atomic mass is 19.4. The average Bonchev–Trinajstić information content (AvgIpc) is 3.18. The first-order chi connectivity index (χ1) is 18.6. The van der Waals surface area contributed by atoms with E-state index in [1.807, 2.05) is 42.5 Å². The van der Waals surface area contributed by atoms with Gasteiger partial charge in [0.1, 0.15) is 25.1 Å². The maximum absolute atomic E-state index is 12.8. The van der Waals surface area contributed by atoms with Crippen LogP contribution >= 0.6 is 0 Å². The molecule has 1 saturated carbocycles. The lowest BCUT2D eigenvalue weighted by Crippen LogP contribution is -2.21. The van der Waals surface area contributed by atoms with E-state index in [9.17, 15) is 33.3 Å². The molecular weight excluding hydrogens is 513 g/mol. The molecule has 0 spiro atoms. The van der Waals surface area contributed by atoms with Gasteiger partial charge in [-0.2, -0.15) is 13.2 Å². The van der Waals surface area contributed by atoms with Gasteiger partial charge in [-0.25, -0.2) is 0 Å². The van der Waals surface area contributed by atoms with Crippen LogP contribution < -0.4 is 4.74 Å². The summed E-state index contributed by atoms with van der Waals surface area (Å²) in [5, 5.41) is 31.0. The van der Waals surface area contributed by atoms with Gasteiger partial charge in [-0.15, -0.1) is 0 Å². The van der Waals surface area contributed by atoms with E-state index in [-0.39, 0.29) is 37.3 Å². The lowest BCUT2D eigenvalue weighted by atomic mass is 9.89. The molecule has 3 rings (SSSR count). The Kier molecular flexibility index (Phi) is 11.6. The number of benzene rings is 2. The third-order valence-corrected chi connectivity index (χ3v) is 6.62. The van der Waals surface area contributed by atoms with Gasteiger partial charge in [0.15, 0.2) is 0 Å². The molecule has 2 aromatic carbocycles. The van der Waals surface area contributed by atoms with Crippen molar-refractivity contribution in [2.75, 3.05) is 6.61 Å². The van der Waals surface area contributed by atoms with E-state index in [1.54, 1.807) is 6.08 Å². The first-order valence-electron chi connectivity index (χ1n) is 13.0. The van der Waals surface area contributed by atoms with Gasteiger partial charge < -0.3 is 24.8 Å². The van der Waals surface area contributed by atoms with Gasteiger partial charge in [0.2, 0.25) is 0 Å². The topological polar surface area (TPSA) is 96.2 Å². The number of carbonyl (C=O) groups is 1. The number of hydrogen-bond donors (Lipinski definition) is 3. The summed E-state index contributed by atoms with van der Waals surface area (Å²) in [7, 11) is 0. The minimum absolute atomic E-state index is 0.0129. The number of aliphatic hydroxyl groups excluding tert-OH is 3. The molecule has 1 aliphatic rings. The third kappa shape index (κ3) is 10.2. The van der Waals surface area contributed by atoms with Crippen molar-refractivity contribution in [3.05, 3.63) is 90.0 Å². The number of carbonyl (C=O) groups excluding carboxylic acids is 1. The van der Waals surface area contributed by atoms with Crippen LogP contribution in [0.4, 0.5) is 13.2 Å². The quantitative estimate of drug-likeness (QED) is 0.181. The Labute approximate surface area is 226 Å². The van der Waals surface area contributed by atoms with Crippen LogP contribution in [0.3, 0.4) is 0 Å². The summed E-state index contributed by atoms with van der Waals surface area (Å²) in [6, 6.07) is 13.9. The van der Waals surface area contributed by atoms with Crippen LogP contribution in [-0.2, 0) is 22.3 Å². The van der Waals surface area contributed by atoms with E-state index in [0.717, 1.165) is 17.7 Å². The lowest BCUT2D eigenvalue weighted by molar-refractivity contribution is -0.145. The highest BCUT2D eigenvalue weighted by Gasteiger charge is 2.39. The van der Waals surface area contributed by atoms with Crippen LogP contribution in [0.2, 0.25) is 0 Å². The number of ether oxygens (including phenoxy) is 2. The summed E-state index contributed by atoms with van der Waals surface area (Å²) in [4.78, 5) is 11.9. The Bertz CT molecular complexity index is 1090. The molecular formula is C30H35F3O6. The molecule has 1 fully saturated rings. The van der Waals surface area contributed by atoms with Gasteiger partial charge in [0, 0.05) is 18.8 Å². The average molecular weight is 549 g/mol. The molecule has 39 heavy (non-hydrogen) atoms. The molecule has 9 heteroatoms. The first-order valence-corrected chi connectivity index (χ1v) is 13.0. The summed E-state index contributed by atoms with van der Waals surface area (Å²) < 4.78 is 49.1. The largest absolute Gasteiger partial charge is 0.491 e. The molecule has 0 aliphatic heterocycles. The second-order valence-electron chi connectivity index (χ2n) is 9.65. The fourth-order valence-corrected chi connectivity index (χ4v) is 4.51. The van der Waals surface area contributed by atoms with Crippen LogP contribution in [0.5, 0.6) is 5.75 Å². The Morgan fingerprint density at radius 3 is 2.56 bits per heavy atom. The van der Waals surface area contributed by atoms with Crippen molar-refractivity contribution in [2.45, 2.75) is 63.2 Å². The van der Waals surface area contributed by atoms with Gasteiger partial charge in [-0.05, 0) is 48.9 Å². The van der Waals surface area contributed by atoms with Crippen LogP contribution in [0.15, 0.2) is 78.9 Å². The number of rotatable bonds is 13. The molecule has 6 nitrogen and oxygen atoms in total. The highest BCUT2D eigenvalue weighted by molar-refractivity contribution is 5.69. The molecule has 3 N–H and O–H groups in total. The van der Waals surface area contributed by atoms with Crippen LogP contribution in [0.1, 0.15) is 43.2 Å². The normalized spacial score (nSPS) is 22.4. The molecule has 5 atom stereocenters. The monoisotopic (exact) mass is 548 g/mol. The van der Waals surface area contributed by atoms with Gasteiger partial charge in [-0.1, -0.05) is 60.7 Å². The number of hydrogen-bond acceptors (Lipinski definition) is 6. The summed E-state index contributed by atoms with van der Waals surface area (Å²) in [5.74, 6) is -0.941. The van der Waals surface area contributed by atoms with E-state index in [1.165, 1.54) is 18.2 Å². The van der Waals surface area contributed by atoms with Crippen molar-refractivity contribution in [2.24, 2.45) is 11.8 Å². The van der Waals surface area contributed by atoms with E-state index < -0.39 is 36.0 Å². The molecule has 0 amide bonds. The smallest absolute Gasteiger partial charge is 0.416 e. The van der Waals surface area contributed by atoms with Crippen LogP contribution in [-0.4, -0.2) is 46.2 Å². The lowest BCUT2D eigenvalue weighted by Gasteiger charge is -2.19. The minimum atomic E-state index is -4.49. The predicted molar refractivity (Wildman–Crippen MR) is 140 cm³/mol. The second-order valence-corrected chi connectivity index (χ2v) is 9.65. The maximum Gasteiger partial charge on any atom is 0.416 e. The number of aliphatic hydroxyl groups is 3.